The molecule has 1 aliphatic heterocycles. The van der Waals surface area contributed by atoms with Crippen LogP contribution in [0.5, 0.6) is 0 Å². The molecule has 1 aliphatic rings. The van der Waals surface area contributed by atoms with Crippen LogP contribution in [0.25, 0.3) is 10.9 Å². The van der Waals surface area contributed by atoms with Gasteiger partial charge in [-0.25, -0.2) is 0 Å². The summed E-state index contributed by atoms with van der Waals surface area (Å²) in [5.41, 5.74) is 2.47. The van der Waals surface area contributed by atoms with Crippen molar-refractivity contribution in [3.05, 3.63) is 30.0 Å². The SMILES string of the molecule is c1cc(CC2CNCCOC2)c2cn[nH]c2c1. The van der Waals surface area contributed by atoms with Gasteiger partial charge in [-0.05, 0) is 24.0 Å². The zero-order chi connectivity index (χ0) is 11.5. The summed E-state index contributed by atoms with van der Waals surface area (Å²) in [6.45, 7) is 3.67. The second-order valence-corrected chi connectivity index (χ2v) is 4.60. The summed E-state index contributed by atoms with van der Waals surface area (Å²) >= 11 is 0. The number of hydrogen-bond acceptors (Lipinski definition) is 3. The molecule has 90 valence electrons. The van der Waals surface area contributed by atoms with E-state index in [-0.39, 0.29) is 0 Å². The van der Waals surface area contributed by atoms with E-state index in [1.807, 2.05) is 6.20 Å². The van der Waals surface area contributed by atoms with Gasteiger partial charge in [0.15, 0.2) is 0 Å². The maximum absolute atomic E-state index is 5.59. The number of hydrogen-bond donors (Lipinski definition) is 2. The molecule has 1 unspecified atom stereocenters. The van der Waals surface area contributed by atoms with Gasteiger partial charge in [0.25, 0.3) is 0 Å². The van der Waals surface area contributed by atoms with E-state index in [0.29, 0.717) is 5.92 Å². The number of nitrogens with zero attached hydrogens (tertiary/aromatic N) is 1. The van der Waals surface area contributed by atoms with Gasteiger partial charge < -0.3 is 10.1 Å². The van der Waals surface area contributed by atoms with Gasteiger partial charge in [-0.1, -0.05) is 12.1 Å². The molecule has 2 aromatic rings. The van der Waals surface area contributed by atoms with Crippen molar-refractivity contribution in [1.29, 1.82) is 0 Å². The summed E-state index contributed by atoms with van der Waals surface area (Å²) in [5, 5.41) is 11.8. The molecule has 0 amide bonds. The molecule has 1 aromatic carbocycles. The molecule has 0 aliphatic carbocycles. The molecule has 1 atom stereocenters. The maximum atomic E-state index is 5.59. The zero-order valence-electron chi connectivity index (χ0n) is 9.78. The molecule has 3 rings (SSSR count). The van der Waals surface area contributed by atoms with Gasteiger partial charge in [0.1, 0.15) is 0 Å². The fourth-order valence-electron chi connectivity index (χ4n) is 2.41. The van der Waals surface area contributed by atoms with Crippen LogP contribution in [-0.4, -0.2) is 36.5 Å². The molecular formula is C13H17N3O. The molecule has 0 saturated carbocycles. The van der Waals surface area contributed by atoms with E-state index in [1.54, 1.807) is 0 Å². The van der Waals surface area contributed by atoms with Gasteiger partial charge in [0, 0.05) is 18.5 Å². The highest BCUT2D eigenvalue weighted by Gasteiger charge is 2.14. The van der Waals surface area contributed by atoms with E-state index < -0.39 is 0 Å². The van der Waals surface area contributed by atoms with Gasteiger partial charge in [0.2, 0.25) is 0 Å². The van der Waals surface area contributed by atoms with E-state index in [0.717, 1.165) is 38.2 Å². The Labute approximate surface area is 100 Å². The number of benzene rings is 1. The third kappa shape index (κ3) is 2.33. The summed E-state index contributed by atoms with van der Waals surface area (Å²) in [6.07, 6.45) is 2.96. The second-order valence-electron chi connectivity index (χ2n) is 4.60. The van der Waals surface area contributed by atoms with Crippen molar-refractivity contribution in [3.8, 4) is 0 Å². The quantitative estimate of drug-likeness (QED) is 0.820. The van der Waals surface area contributed by atoms with Crippen molar-refractivity contribution in [2.45, 2.75) is 6.42 Å². The smallest absolute Gasteiger partial charge is 0.0653 e. The van der Waals surface area contributed by atoms with Crippen LogP contribution in [-0.2, 0) is 11.2 Å². The Morgan fingerprint density at radius 3 is 3.41 bits per heavy atom. The third-order valence-corrected chi connectivity index (χ3v) is 3.29. The summed E-state index contributed by atoms with van der Waals surface area (Å²) in [5.74, 6) is 0.554. The first kappa shape index (κ1) is 10.7. The number of aromatic amines is 1. The number of ether oxygens (including phenoxy) is 1. The number of fused-ring (bicyclic) bond motifs is 1. The maximum Gasteiger partial charge on any atom is 0.0653 e. The second kappa shape index (κ2) is 4.85. The Bertz CT molecular complexity index is 486. The van der Waals surface area contributed by atoms with Crippen LogP contribution in [0.15, 0.2) is 24.4 Å². The highest BCUT2D eigenvalue weighted by Crippen LogP contribution is 2.19. The van der Waals surface area contributed by atoms with Crippen molar-refractivity contribution in [2.75, 3.05) is 26.3 Å². The Hall–Kier alpha value is -1.39. The van der Waals surface area contributed by atoms with Gasteiger partial charge in [-0.15, -0.1) is 0 Å². The van der Waals surface area contributed by atoms with E-state index >= 15 is 0 Å². The molecule has 1 aromatic heterocycles. The summed E-state index contributed by atoms with van der Waals surface area (Å²) in [6, 6.07) is 6.33. The Balaban J connectivity index is 1.81. The van der Waals surface area contributed by atoms with Gasteiger partial charge >= 0.3 is 0 Å². The molecule has 17 heavy (non-hydrogen) atoms. The van der Waals surface area contributed by atoms with E-state index in [9.17, 15) is 0 Å². The highest BCUT2D eigenvalue weighted by atomic mass is 16.5. The minimum Gasteiger partial charge on any atom is -0.380 e. The lowest BCUT2D eigenvalue weighted by atomic mass is 9.97. The Morgan fingerprint density at radius 2 is 2.41 bits per heavy atom. The molecule has 4 nitrogen and oxygen atoms in total. The molecule has 1 saturated heterocycles. The normalized spacial score (nSPS) is 21.5. The fourth-order valence-corrected chi connectivity index (χ4v) is 2.41. The van der Waals surface area contributed by atoms with Crippen LogP contribution in [0.2, 0.25) is 0 Å². The molecule has 2 N–H and O–H groups in total. The molecule has 4 heteroatoms. The van der Waals surface area contributed by atoms with Crippen molar-refractivity contribution in [3.63, 3.8) is 0 Å². The molecule has 1 fully saturated rings. The first-order chi connectivity index (χ1) is 8.43. The zero-order valence-corrected chi connectivity index (χ0v) is 9.78. The lowest BCUT2D eigenvalue weighted by Gasteiger charge is -2.14. The monoisotopic (exact) mass is 231 g/mol. The van der Waals surface area contributed by atoms with Gasteiger partial charge in [0.05, 0.1) is 24.9 Å². The van der Waals surface area contributed by atoms with Crippen molar-refractivity contribution in [1.82, 2.24) is 15.5 Å². The van der Waals surface area contributed by atoms with Crippen molar-refractivity contribution >= 4 is 10.9 Å². The molecule has 0 radical (unpaired) electrons. The Kier molecular flexibility index (Phi) is 3.07. The number of aromatic nitrogens is 2. The number of nitrogens with one attached hydrogen (secondary N) is 2. The lowest BCUT2D eigenvalue weighted by molar-refractivity contribution is 0.123. The minimum absolute atomic E-state index is 0.554. The largest absolute Gasteiger partial charge is 0.380 e. The van der Waals surface area contributed by atoms with E-state index in [4.69, 9.17) is 4.74 Å². The van der Waals surface area contributed by atoms with Crippen molar-refractivity contribution < 1.29 is 4.74 Å². The first-order valence-corrected chi connectivity index (χ1v) is 6.13. The van der Waals surface area contributed by atoms with Gasteiger partial charge in [-0.2, -0.15) is 5.10 Å². The van der Waals surface area contributed by atoms with E-state index in [1.165, 1.54) is 10.9 Å². The standard InChI is InChI=1S/C13H17N3O/c1-2-11(12-8-15-16-13(12)3-1)6-10-7-14-4-5-17-9-10/h1-3,8,10,14H,4-7,9H2,(H,15,16). The van der Waals surface area contributed by atoms with Crippen LogP contribution in [0, 0.1) is 5.92 Å². The average Bonchev–Trinajstić information content (AvgIpc) is 2.69. The van der Waals surface area contributed by atoms with Crippen molar-refractivity contribution in [2.24, 2.45) is 5.92 Å². The molecular weight excluding hydrogens is 214 g/mol. The van der Waals surface area contributed by atoms with Gasteiger partial charge in [-0.3, -0.25) is 5.10 Å². The van der Waals surface area contributed by atoms with E-state index in [2.05, 4.69) is 33.7 Å². The summed E-state index contributed by atoms with van der Waals surface area (Å²) in [7, 11) is 0. The van der Waals surface area contributed by atoms with Crippen LogP contribution in [0.1, 0.15) is 5.56 Å². The molecule has 0 spiro atoms. The van der Waals surface area contributed by atoms with Crippen LogP contribution in [0.4, 0.5) is 0 Å². The molecule has 0 bridgehead atoms. The van der Waals surface area contributed by atoms with Crippen LogP contribution < -0.4 is 5.32 Å². The fraction of sp³-hybridized carbons (Fsp3) is 0.462. The van der Waals surface area contributed by atoms with Crippen LogP contribution in [0.3, 0.4) is 0 Å². The third-order valence-electron chi connectivity index (χ3n) is 3.29. The first-order valence-electron chi connectivity index (χ1n) is 6.13. The lowest BCUT2D eigenvalue weighted by Crippen LogP contribution is -2.24. The number of rotatable bonds is 2. The summed E-state index contributed by atoms with van der Waals surface area (Å²) < 4.78 is 5.59. The number of H-pyrrole nitrogens is 1. The minimum atomic E-state index is 0.554. The Morgan fingerprint density at radius 1 is 1.41 bits per heavy atom. The predicted octanol–water partition coefficient (Wildman–Crippen LogP) is 1.34. The average molecular weight is 231 g/mol. The highest BCUT2D eigenvalue weighted by molar-refractivity contribution is 5.81. The summed E-state index contributed by atoms with van der Waals surface area (Å²) in [4.78, 5) is 0. The molecule has 2 heterocycles. The topological polar surface area (TPSA) is 49.9 Å². The predicted molar refractivity (Wildman–Crippen MR) is 67.0 cm³/mol. The van der Waals surface area contributed by atoms with Crippen LogP contribution >= 0.6 is 0 Å².